The van der Waals surface area contributed by atoms with Gasteiger partial charge in [-0.05, 0) is 28.3 Å². The van der Waals surface area contributed by atoms with E-state index in [1.54, 1.807) is 0 Å². The molecule has 0 radical (unpaired) electrons. The zero-order chi connectivity index (χ0) is 11.7. The van der Waals surface area contributed by atoms with E-state index in [2.05, 4.69) is 42.5 Å². The van der Waals surface area contributed by atoms with Gasteiger partial charge >= 0.3 is 0 Å². The molecule has 2 aromatic carbocycles. The number of benzene rings is 2. The lowest BCUT2D eigenvalue weighted by Gasteiger charge is -2.22. The monoisotopic (exact) mass is 241 g/mol. The lowest BCUT2D eigenvalue weighted by Crippen LogP contribution is -2.18. The number of hydrogen-bond donors (Lipinski definition) is 1. The zero-order valence-corrected chi connectivity index (χ0v) is 10.4. The van der Waals surface area contributed by atoms with Gasteiger partial charge in [0.15, 0.2) is 0 Å². The van der Waals surface area contributed by atoms with Crippen molar-refractivity contribution in [1.29, 1.82) is 0 Å². The Bertz CT molecular complexity index is 522. The average molecular weight is 241 g/mol. The molecule has 0 bridgehead atoms. The summed E-state index contributed by atoms with van der Waals surface area (Å²) in [7, 11) is 0. The first-order valence-electron chi connectivity index (χ1n) is 5.86. The highest BCUT2D eigenvalue weighted by atomic mass is 32.2. The molecular weight excluding hydrogens is 226 g/mol. The fraction of sp³-hybridized carbons (Fsp3) is 0.200. The SMILES string of the molecule is N[C@@H]1CSCc2ccc(-c3ccccc3)cc21. The molecule has 2 heteroatoms. The highest BCUT2D eigenvalue weighted by molar-refractivity contribution is 7.98. The van der Waals surface area contributed by atoms with Gasteiger partial charge in [-0.3, -0.25) is 0 Å². The first kappa shape index (κ1) is 10.9. The highest BCUT2D eigenvalue weighted by Crippen LogP contribution is 2.33. The minimum atomic E-state index is 0.187. The summed E-state index contributed by atoms with van der Waals surface area (Å²) in [5, 5.41) is 0. The molecule has 1 nitrogen and oxygen atoms in total. The molecule has 0 fully saturated rings. The number of thioether (sulfide) groups is 1. The maximum absolute atomic E-state index is 6.17. The molecule has 86 valence electrons. The smallest absolute Gasteiger partial charge is 0.0390 e. The fourth-order valence-corrected chi connectivity index (χ4v) is 3.30. The summed E-state index contributed by atoms with van der Waals surface area (Å²) in [5.74, 6) is 2.13. The number of fused-ring (bicyclic) bond motifs is 1. The predicted octanol–water partition coefficient (Wildman–Crippen LogP) is 3.60. The molecule has 1 heterocycles. The molecule has 0 aromatic heterocycles. The van der Waals surface area contributed by atoms with Crippen molar-refractivity contribution >= 4 is 11.8 Å². The second-order valence-corrected chi connectivity index (χ2v) is 5.43. The Kier molecular flexibility index (Phi) is 2.91. The van der Waals surface area contributed by atoms with Gasteiger partial charge in [0.25, 0.3) is 0 Å². The van der Waals surface area contributed by atoms with E-state index in [-0.39, 0.29) is 6.04 Å². The second kappa shape index (κ2) is 4.55. The van der Waals surface area contributed by atoms with E-state index < -0.39 is 0 Å². The summed E-state index contributed by atoms with van der Waals surface area (Å²) in [4.78, 5) is 0. The van der Waals surface area contributed by atoms with Crippen LogP contribution in [0.1, 0.15) is 17.2 Å². The lowest BCUT2D eigenvalue weighted by atomic mass is 9.96. The molecule has 1 aliphatic heterocycles. The van der Waals surface area contributed by atoms with E-state index in [4.69, 9.17) is 5.73 Å². The summed E-state index contributed by atoms with van der Waals surface area (Å²) in [6.07, 6.45) is 0. The van der Waals surface area contributed by atoms with Crippen LogP contribution in [0, 0.1) is 0 Å². The molecule has 2 N–H and O–H groups in total. The molecule has 1 atom stereocenters. The van der Waals surface area contributed by atoms with Gasteiger partial charge in [-0.1, -0.05) is 42.5 Å². The van der Waals surface area contributed by atoms with Gasteiger partial charge < -0.3 is 5.73 Å². The third-order valence-corrected chi connectivity index (χ3v) is 4.32. The number of hydrogen-bond acceptors (Lipinski definition) is 2. The maximum Gasteiger partial charge on any atom is 0.0390 e. The molecule has 0 spiro atoms. The first-order chi connectivity index (χ1) is 8.34. The Balaban J connectivity index is 2.06. The Morgan fingerprint density at radius 2 is 1.82 bits per heavy atom. The average Bonchev–Trinajstić information content (AvgIpc) is 2.40. The van der Waals surface area contributed by atoms with E-state index in [1.807, 2.05) is 17.8 Å². The van der Waals surface area contributed by atoms with Crippen molar-refractivity contribution in [1.82, 2.24) is 0 Å². The number of rotatable bonds is 1. The van der Waals surface area contributed by atoms with Crippen LogP contribution in [-0.4, -0.2) is 5.75 Å². The van der Waals surface area contributed by atoms with Gasteiger partial charge in [0.2, 0.25) is 0 Å². The minimum Gasteiger partial charge on any atom is -0.323 e. The fourth-order valence-electron chi connectivity index (χ4n) is 2.27. The summed E-state index contributed by atoms with van der Waals surface area (Å²) in [6.45, 7) is 0. The van der Waals surface area contributed by atoms with E-state index in [0.29, 0.717) is 0 Å². The van der Waals surface area contributed by atoms with Crippen molar-refractivity contribution in [2.24, 2.45) is 5.73 Å². The van der Waals surface area contributed by atoms with E-state index in [9.17, 15) is 0 Å². The van der Waals surface area contributed by atoms with E-state index in [1.165, 1.54) is 22.3 Å². The molecule has 2 aromatic rings. The van der Waals surface area contributed by atoms with Gasteiger partial charge in [0.1, 0.15) is 0 Å². The van der Waals surface area contributed by atoms with Gasteiger partial charge in [-0.2, -0.15) is 11.8 Å². The maximum atomic E-state index is 6.17. The van der Waals surface area contributed by atoms with Crippen molar-refractivity contribution in [3.63, 3.8) is 0 Å². The molecule has 0 aliphatic carbocycles. The molecule has 1 aliphatic rings. The highest BCUT2D eigenvalue weighted by Gasteiger charge is 2.17. The topological polar surface area (TPSA) is 26.0 Å². The minimum absolute atomic E-state index is 0.187. The lowest BCUT2D eigenvalue weighted by molar-refractivity contribution is 0.810. The van der Waals surface area contributed by atoms with Crippen LogP contribution in [0.4, 0.5) is 0 Å². The van der Waals surface area contributed by atoms with Gasteiger partial charge in [-0.15, -0.1) is 0 Å². The summed E-state index contributed by atoms with van der Waals surface area (Å²) in [5.41, 5.74) is 11.4. The summed E-state index contributed by atoms with van der Waals surface area (Å²) >= 11 is 1.92. The zero-order valence-electron chi connectivity index (χ0n) is 9.60. The molecule has 0 saturated heterocycles. The third-order valence-electron chi connectivity index (χ3n) is 3.21. The Labute approximate surface area is 106 Å². The standard InChI is InChI=1S/C15H15NS/c16-15-10-17-9-13-7-6-12(8-14(13)15)11-4-2-1-3-5-11/h1-8,15H,9-10,16H2/t15-/m1/s1. The normalized spacial score (nSPS) is 18.8. The van der Waals surface area contributed by atoms with Crippen LogP contribution in [0.3, 0.4) is 0 Å². The van der Waals surface area contributed by atoms with E-state index in [0.717, 1.165) is 11.5 Å². The Morgan fingerprint density at radius 3 is 2.65 bits per heavy atom. The van der Waals surface area contributed by atoms with Crippen LogP contribution in [0.2, 0.25) is 0 Å². The molecule has 0 saturated carbocycles. The summed E-state index contributed by atoms with van der Waals surface area (Å²) < 4.78 is 0. The number of nitrogens with two attached hydrogens (primary N) is 1. The van der Waals surface area contributed by atoms with Crippen molar-refractivity contribution in [3.8, 4) is 11.1 Å². The van der Waals surface area contributed by atoms with Crippen LogP contribution in [0.5, 0.6) is 0 Å². The van der Waals surface area contributed by atoms with E-state index >= 15 is 0 Å². The van der Waals surface area contributed by atoms with Crippen LogP contribution in [0.15, 0.2) is 48.5 Å². The molecular formula is C15H15NS. The van der Waals surface area contributed by atoms with Gasteiger partial charge in [0, 0.05) is 17.5 Å². The van der Waals surface area contributed by atoms with Crippen molar-refractivity contribution in [3.05, 3.63) is 59.7 Å². The van der Waals surface area contributed by atoms with Crippen molar-refractivity contribution in [2.45, 2.75) is 11.8 Å². The molecule has 17 heavy (non-hydrogen) atoms. The van der Waals surface area contributed by atoms with Crippen molar-refractivity contribution in [2.75, 3.05) is 5.75 Å². The van der Waals surface area contributed by atoms with Crippen LogP contribution >= 0.6 is 11.8 Å². The summed E-state index contributed by atoms with van der Waals surface area (Å²) in [6, 6.07) is 17.4. The van der Waals surface area contributed by atoms with Crippen LogP contribution in [-0.2, 0) is 5.75 Å². The van der Waals surface area contributed by atoms with Crippen molar-refractivity contribution < 1.29 is 0 Å². The Morgan fingerprint density at radius 1 is 1.00 bits per heavy atom. The molecule has 3 rings (SSSR count). The second-order valence-electron chi connectivity index (χ2n) is 4.40. The largest absolute Gasteiger partial charge is 0.323 e. The van der Waals surface area contributed by atoms with Crippen LogP contribution < -0.4 is 5.73 Å². The predicted molar refractivity (Wildman–Crippen MR) is 75.0 cm³/mol. The molecule has 0 amide bonds. The van der Waals surface area contributed by atoms with Crippen LogP contribution in [0.25, 0.3) is 11.1 Å². The first-order valence-corrected chi connectivity index (χ1v) is 7.01. The van der Waals surface area contributed by atoms with Gasteiger partial charge in [0.05, 0.1) is 0 Å². The quantitative estimate of drug-likeness (QED) is 0.825. The Hall–Kier alpha value is -1.25. The molecule has 0 unspecified atom stereocenters. The van der Waals surface area contributed by atoms with Gasteiger partial charge in [-0.25, -0.2) is 0 Å². The third kappa shape index (κ3) is 2.11.